The lowest BCUT2D eigenvalue weighted by Gasteiger charge is -2.26. The lowest BCUT2D eigenvalue weighted by atomic mass is 9.99. The number of imide groups is 2. The van der Waals surface area contributed by atoms with Crippen molar-refractivity contribution in [2.45, 2.75) is 32.7 Å². The summed E-state index contributed by atoms with van der Waals surface area (Å²) in [5.41, 5.74) is 3.10. The third kappa shape index (κ3) is 5.45. The molecule has 8 heteroatoms. The van der Waals surface area contributed by atoms with Crippen molar-refractivity contribution in [2.24, 2.45) is 0 Å². The maximum atomic E-state index is 13.3. The van der Waals surface area contributed by atoms with Crippen molar-refractivity contribution in [3.8, 4) is 5.75 Å². The molecule has 1 atom stereocenters. The number of hydrogen-bond donors (Lipinski definition) is 1. The fourth-order valence-corrected chi connectivity index (χ4v) is 4.73. The van der Waals surface area contributed by atoms with Gasteiger partial charge in [-0.1, -0.05) is 55.8 Å². The summed E-state index contributed by atoms with van der Waals surface area (Å²) in [6.07, 6.45) is 4.50. The Kier molecular flexibility index (Phi) is 7.52. The molecule has 0 unspecified atom stereocenters. The highest BCUT2D eigenvalue weighted by atomic mass is 35.5. The lowest BCUT2D eigenvalue weighted by molar-refractivity contribution is -0.122. The van der Waals surface area contributed by atoms with Crippen LogP contribution in [0.15, 0.2) is 84.6 Å². The summed E-state index contributed by atoms with van der Waals surface area (Å²) >= 11 is 5.95. The number of nitrogens with zero attached hydrogens (tertiary/aromatic N) is 2. The number of anilines is 1. The van der Waals surface area contributed by atoms with Crippen LogP contribution in [0.25, 0.3) is 17.0 Å². The third-order valence-electron chi connectivity index (χ3n) is 6.97. The molecule has 0 radical (unpaired) electrons. The first kappa shape index (κ1) is 26.3. The van der Waals surface area contributed by atoms with Gasteiger partial charge in [0.15, 0.2) is 0 Å². The molecule has 0 saturated carbocycles. The van der Waals surface area contributed by atoms with Crippen LogP contribution in [-0.4, -0.2) is 29.0 Å². The first-order valence-electron chi connectivity index (χ1n) is 12.8. The lowest BCUT2D eigenvalue weighted by Crippen LogP contribution is -2.54. The number of amides is 4. The van der Waals surface area contributed by atoms with Crippen molar-refractivity contribution >= 4 is 52.1 Å². The van der Waals surface area contributed by atoms with Gasteiger partial charge in [-0.05, 0) is 66.4 Å². The van der Waals surface area contributed by atoms with Gasteiger partial charge in [0.2, 0.25) is 0 Å². The van der Waals surface area contributed by atoms with Gasteiger partial charge >= 0.3 is 6.03 Å². The number of para-hydroxylation sites is 1. The summed E-state index contributed by atoms with van der Waals surface area (Å²) in [5.74, 6) is -0.132. The Bertz CT molecular complexity index is 1570. The van der Waals surface area contributed by atoms with Crippen LogP contribution >= 0.6 is 11.6 Å². The molecule has 4 aromatic rings. The summed E-state index contributed by atoms with van der Waals surface area (Å²) in [5, 5.41) is 3.61. The Labute approximate surface area is 231 Å². The van der Waals surface area contributed by atoms with E-state index >= 15 is 0 Å². The van der Waals surface area contributed by atoms with E-state index in [1.165, 1.54) is 11.6 Å². The number of hydrogen-bond acceptors (Lipinski definition) is 4. The molecule has 39 heavy (non-hydrogen) atoms. The average Bonchev–Trinajstić information content (AvgIpc) is 3.29. The summed E-state index contributed by atoms with van der Waals surface area (Å²) in [7, 11) is 0. The molecule has 3 aromatic carbocycles. The Morgan fingerprint density at radius 2 is 1.69 bits per heavy atom. The third-order valence-corrected chi connectivity index (χ3v) is 7.22. The van der Waals surface area contributed by atoms with Gasteiger partial charge < -0.3 is 9.30 Å². The Morgan fingerprint density at radius 1 is 0.974 bits per heavy atom. The second-order valence-electron chi connectivity index (χ2n) is 9.46. The average molecular weight is 542 g/mol. The minimum atomic E-state index is -0.804. The number of barbiturate groups is 1. The summed E-state index contributed by atoms with van der Waals surface area (Å²) in [4.78, 5) is 39.5. The predicted molar refractivity (Wildman–Crippen MR) is 153 cm³/mol. The summed E-state index contributed by atoms with van der Waals surface area (Å²) in [6.45, 7) is 5.38. The molecular formula is C31H28ClN3O4. The van der Waals surface area contributed by atoms with Crippen LogP contribution in [-0.2, 0) is 16.1 Å². The number of urea groups is 1. The highest BCUT2D eigenvalue weighted by Gasteiger charge is 2.37. The molecule has 0 spiro atoms. The van der Waals surface area contributed by atoms with Crippen LogP contribution in [0.4, 0.5) is 10.5 Å². The van der Waals surface area contributed by atoms with Crippen molar-refractivity contribution in [2.75, 3.05) is 11.5 Å². The first-order valence-corrected chi connectivity index (χ1v) is 13.2. The second-order valence-corrected chi connectivity index (χ2v) is 9.89. The molecule has 1 N–H and O–H groups in total. The number of rotatable bonds is 8. The maximum absolute atomic E-state index is 13.3. The molecule has 198 valence electrons. The van der Waals surface area contributed by atoms with Crippen molar-refractivity contribution in [3.63, 3.8) is 0 Å². The number of aromatic nitrogens is 1. The number of carbonyl (C=O) groups is 3. The molecule has 1 fully saturated rings. The van der Waals surface area contributed by atoms with E-state index in [9.17, 15) is 14.4 Å². The summed E-state index contributed by atoms with van der Waals surface area (Å²) < 4.78 is 8.03. The number of benzene rings is 3. The van der Waals surface area contributed by atoms with Crippen LogP contribution in [0.2, 0.25) is 5.02 Å². The van der Waals surface area contributed by atoms with E-state index in [1.54, 1.807) is 24.3 Å². The Balaban J connectivity index is 1.39. The van der Waals surface area contributed by atoms with E-state index < -0.39 is 17.8 Å². The molecule has 1 aromatic heterocycles. The van der Waals surface area contributed by atoms with Gasteiger partial charge in [0, 0.05) is 27.7 Å². The molecule has 0 aliphatic carbocycles. The standard InChI is InChI=1S/C31H28ClN3O4/c1-3-20(2)21-8-14-25(15-9-21)39-17-16-34-19-22(26-6-4-5-7-28(26)34)18-27-29(36)33-31(38)35(30(27)37)24-12-10-23(32)11-13-24/h4-15,18-20H,3,16-17H2,1-2H3,(H,33,36,38)/b27-18-/t20-/m0/s1. The minimum Gasteiger partial charge on any atom is -0.492 e. The molecule has 0 bridgehead atoms. The fourth-order valence-electron chi connectivity index (χ4n) is 4.60. The largest absolute Gasteiger partial charge is 0.492 e. The summed E-state index contributed by atoms with van der Waals surface area (Å²) in [6, 6.07) is 21.4. The van der Waals surface area contributed by atoms with Gasteiger partial charge in [-0.3, -0.25) is 14.9 Å². The molecule has 4 amide bonds. The zero-order chi connectivity index (χ0) is 27.5. The van der Waals surface area contributed by atoms with E-state index in [2.05, 4.69) is 31.3 Å². The van der Waals surface area contributed by atoms with Crippen molar-refractivity contribution in [1.82, 2.24) is 9.88 Å². The zero-order valence-corrected chi connectivity index (χ0v) is 22.4. The zero-order valence-electron chi connectivity index (χ0n) is 21.7. The molecule has 1 aliphatic heterocycles. The number of carbonyl (C=O) groups excluding carboxylic acids is 3. The van der Waals surface area contributed by atoms with Gasteiger partial charge in [-0.15, -0.1) is 0 Å². The molecule has 1 aliphatic rings. The van der Waals surface area contributed by atoms with E-state index in [-0.39, 0.29) is 5.57 Å². The first-order chi connectivity index (χ1) is 18.9. The minimum absolute atomic E-state index is 0.134. The van der Waals surface area contributed by atoms with Gasteiger partial charge in [-0.25, -0.2) is 9.69 Å². The predicted octanol–water partition coefficient (Wildman–Crippen LogP) is 6.55. The van der Waals surface area contributed by atoms with E-state index in [0.717, 1.165) is 28.0 Å². The van der Waals surface area contributed by atoms with E-state index in [4.69, 9.17) is 16.3 Å². The van der Waals surface area contributed by atoms with Crippen LogP contribution in [0.1, 0.15) is 37.3 Å². The second kappa shape index (κ2) is 11.2. The van der Waals surface area contributed by atoms with Gasteiger partial charge in [-0.2, -0.15) is 0 Å². The normalized spacial score (nSPS) is 15.6. The highest BCUT2D eigenvalue weighted by Crippen LogP contribution is 2.28. The molecule has 7 nitrogen and oxygen atoms in total. The number of nitrogens with one attached hydrogen (secondary N) is 1. The van der Waals surface area contributed by atoms with Crippen molar-refractivity contribution in [3.05, 3.63) is 101 Å². The number of halogens is 1. The number of fused-ring (bicyclic) bond motifs is 1. The smallest absolute Gasteiger partial charge is 0.335 e. The van der Waals surface area contributed by atoms with Crippen LogP contribution in [0.3, 0.4) is 0 Å². The van der Waals surface area contributed by atoms with Crippen molar-refractivity contribution < 1.29 is 19.1 Å². The molecule has 2 heterocycles. The number of ether oxygens (including phenoxy) is 1. The van der Waals surface area contributed by atoms with Gasteiger partial charge in [0.1, 0.15) is 17.9 Å². The van der Waals surface area contributed by atoms with Gasteiger partial charge in [0.05, 0.1) is 12.2 Å². The van der Waals surface area contributed by atoms with Gasteiger partial charge in [0.25, 0.3) is 11.8 Å². The quantitative estimate of drug-likeness (QED) is 0.202. The van der Waals surface area contributed by atoms with Crippen LogP contribution in [0, 0.1) is 0 Å². The van der Waals surface area contributed by atoms with Crippen LogP contribution in [0.5, 0.6) is 5.75 Å². The van der Waals surface area contributed by atoms with Crippen LogP contribution < -0.4 is 15.0 Å². The maximum Gasteiger partial charge on any atom is 0.335 e. The monoisotopic (exact) mass is 541 g/mol. The Morgan fingerprint density at radius 3 is 2.41 bits per heavy atom. The van der Waals surface area contributed by atoms with E-state index in [1.807, 2.05) is 47.2 Å². The Hall–Kier alpha value is -4.36. The SMILES string of the molecule is CC[C@H](C)c1ccc(OCCn2cc(/C=C3/C(=O)NC(=O)N(c4ccc(Cl)cc4)C3=O)c3ccccc32)cc1. The molecule has 5 rings (SSSR count). The van der Waals surface area contributed by atoms with Crippen molar-refractivity contribution in [1.29, 1.82) is 0 Å². The molecular weight excluding hydrogens is 514 g/mol. The fraction of sp³-hybridized carbons (Fsp3) is 0.194. The topological polar surface area (TPSA) is 80.6 Å². The van der Waals surface area contributed by atoms with E-state index in [0.29, 0.717) is 35.3 Å². The highest BCUT2D eigenvalue weighted by molar-refractivity contribution is 6.39. The molecule has 1 saturated heterocycles.